The number of aryl methyl sites for hydroxylation is 1. The van der Waals surface area contributed by atoms with Crippen LogP contribution in [0.3, 0.4) is 0 Å². The molecule has 0 amide bonds. The second-order valence-corrected chi connectivity index (χ2v) is 3.43. The van der Waals surface area contributed by atoms with Crippen molar-refractivity contribution in [1.29, 1.82) is 0 Å². The molecule has 0 spiro atoms. The first-order chi connectivity index (χ1) is 8.19. The molecule has 0 saturated carbocycles. The van der Waals surface area contributed by atoms with E-state index in [1.54, 1.807) is 13.0 Å². The third-order valence-corrected chi connectivity index (χ3v) is 2.10. The molecule has 0 saturated heterocycles. The van der Waals surface area contributed by atoms with Crippen LogP contribution in [-0.4, -0.2) is 15.3 Å². The third-order valence-electron chi connectivity index (χ3n) is 2.10. The summed E-state index contributed by atoms with van der Waals surface area (Å²) in [5.41, 5.74) is 0.489. The van der Waals surface area contributed by atoms with Crippen molar-refractivity contribution in [3.63, 3.8) is 0 Å². The van der Waals surface area contributed by atoms with E-state index in [9.17, 15) is 4.39 Å². The molecule has 0 atom stereocenters. The lowest BCUT2D eigenvalue weighted by Crippen LogP contribution is -1.98. The lowest BCUT2D eigenvalue weighted by atomic mass is 10.2. The SMILES string of the molecule is Cc1nnc(COc2ccc(CO)cc2F)o1. The summed E-state index contributed by atoms with van der Waals surface area (Å²) in [5.74, 6) is 0.263. The highest BCUT2D eigenvalue weighted by molar-refractivity contribution is 5.28. The van der Waals surface area contributed by atoms with E-state index in [-0.39, 0.29) is 24.9 Å². The van der Waals surface area contributed by atoms with Gasteiger partial charge in [-0.1, -0.05) is 6.07 Å². The first-order valence-corrected chi connectivity index (χ1v) is 5.00. The van der Waals surface area contributed by atoms with Crippen molar-refractivity contribution < 1.29 is 18.7 Å². The number of aliphatic hydroxyl groups is 1. The van der Waals surface area contributed by atoms with Crippen molar-refractivity contribution in [2.45, 2.75) is 20.1 Å². The van der Waals surface area contributed by atoms with Gasteiger partial charge in [-0.05, 0) is 17.7 Å². The Labute approximate surface area is 96.9 Å². The van der Waals surface area contributed by atoms with E-state index in [2.05, 4.69) is 10.2 Å². The Kier molecular flexibility index (Phi) is 3.34. The molecule has 1 N–H and O–H groups in total. The number of halogens is 1. The Bertz CT molecular complexity index is 513. The van der Waals surface area contributed by atoms with Crippen LogP contribution in [0.2, 0.25) is 0 Å². The highest BCUT2D eigenvalue weighted by atomic mass is 19.1. The molecule has 0 aliphatic carbocycles. The van der Waals surface area contributed by atoms with Gasteiger partial charge in [-0.25, -0.2) is 4.39 Å². The van der Waals surface area contributed by atoms with Crippen LogP contribution in [0.1, 0.15) is 17.3 Å². The van der Waals surface area contributed by atoms with Gasteiger partial charge in [0.15, 0.2) is 18.2 Å². The summed E-state index contributed by atoms with van der Waals surface area (Å²) in [6.07, 6.45) is 0. The maximum absolute atomic E-state index is 13.4. The highest BCUT2D eigenvalue weighted by Gasteiger charge is 2.07. The van der Waals surface area contributed by atoms with Crippen LogP contribution in [0.5, 0.6) is 5.75 Å². The van der Waals surface area contributed by atoms with Crippen molar-refractivity contribution in [1.82, 2.24) is 10.2 Å². The molecule has 6 heteroatoms. The average Bonchev–Trinajstić information content (AvgIpc) is 2.73. The molecular formula is C11H11FN2O3. The Morgan fingerprint density at radius 1 is 1.41 bits per heavy atom. The fourth-order valence-electron chi connectivity index (χ4n) is 1.30. The van der Waals surface area contributed by atoms with Gasteiger partial charge in [0.2, 0.25) is 5.89 Å². The quantitative estimate of drug-likeness (QED) is 0.875. The number of aliphatic hydroxyl groups excluding tert-OH is 1. The zero-order valence-corrected chi connectivity index (χ0v) is 9.18. The largest absolute Gasteiger partial charge is 0.481 e. The zero-order chi connectivity index (χ0) is 12.3. The van der Waals surface area contributed by atoms with Crippen LogP contribution >= 0.6 is 0 Å². The molecular weight excluding hydrogens is 227 g/mol. The number of benzene rings is 1. The van der Waals surface area contributed by atoms with Gasteiger partial charge >= 0.3 is 0 Å². The van der Waals surface area contributed by atoms with Gasteiger partial charge in [0.25, 0.3) is 5.89 Å². The van der Waals surface area contributed by atoms with E-state index in [4.69, 9.17) is 14.3 Å². The minimum Gasteiger partial charge on any atom is -0.481 e. The standard InChI is InChI=1S/C11H11FN2O3/c1-7-13-14-11(17-7)6-16-10-3-2-8(5-15)4-9(10)12/h2-4,15H,5-6H2,1H3. The minimum absolute atomic E-state index is 0.0102. The number of rotatable bonds is 4. The second-order valence-electron chi connectivity index (χ2n) is 3.43. The molecule has 5 nitrogen and oxygen atoms in total. The van der Waals surface area contributed by atoms with Gasteiger partial charge < -0.3 is 14.3 Å². The Balaban J connectivity index is 2.04. The topological polar surface area (TPSA) is 68.4 Å². The van der Waals surface area contributed by atoms with Crippen LogP contribution in [0.25, 0.3) is 0 Å². The van der Waals surface area contributed by atoms with Crippen LogP contribution in [0.15, 0.2) is 22.6 Å². The van der Waals surface area contributed by atoms with Crippen molar-refractivity contribution in [2.24, 2.45) is 0 Å². The molecule has 0 bridgehead atoms. The first-order valence-electron chi connectivity index (χ1n) is 5.00. The molecule has 1 aromatic heterocycles. The van der Waals surface area contributed by atoms with Crippen LogP contribution in [0, 0.1) is 12.7 Å². The first kappa shape index (κ1) is 11.5. The van der Waals surface area contributed by atoms with Gasteiger partial charge in [0.05, 0.1) is 6.61 Å². The normalized spacial score (nSPS) is 10.5. The fraction of sp³-hybridized carbons (Fsp3) is 0.273. The zero-order valence-electron chi connectivity index (χ0n) is 9.18. The van der Waals surface area contributed by atoms with E-state index >= 15 is 0 Å². The summed E-state index contributed by atoms with van der Waals surface area (Å²) in [6.45, 7) is 1.46. The molecule has 17 heavy (non-hydrogen) atoms. The fourth-order valence-corrected chi connectivity index (χ4v) is 1.30. The van der Waals surface area contributed by atoms with E-state index in [0.717, 1.165) is 0 Å². The van der Waals surface area contributed by atoms with E-state index in [1.807, 2.05) is 0 Å². The number of hydrogen-bond acceptors (Lipinski definition) is 5. The Morgan fingerprint density at radius 2 is 2.24 bits per heavy atom. The average molecular weight is 238 g/mol. The predicted molar refractivity (Wildman–Crippen MR) is 55.7 cm³/mol. The van der Waals surface area contributed by atoms with Gasteiger partial charge in [0.1, 0.15) is 0 Å². The summed E-state index contributed by atoms with van der Waals surface area (Å²) in [7, 11) is 0. The molecule has 2 aromatic rings. The summed E-state index contributed by atoms with van der Waals surface area (Å²) >= 11 is 0. The molecule has 2 rings (SSSR count). The van der Waals surface area contributed by atoms with Crippen LogP contribution in [0.4, 0.5) is 4.39 Å². The third kappa shape index (κ3) is 2.79. The maximum atomic E-state index is 13.4. The van der Waals surface area contributed by atoms with E-state index in [1.165, 1.54) is 12.1 Å². The maximum Gasteiger partial charge on any atom is 0.253 e. The summed E-state index contributed by atoms with van der Waals surface area (Å²) < 4.78 is 23.7. The molecule has 0 radical (unpaired) electrons. The number of nitrogens with zero attached hydrogens (tertiary/aromatic N) is 2. The van der Waals surface area contributed by atoms with Gasteiger partial charge in [-0.2, -0.15) is 0 Å². The van der Waals surface area contributed by atoms with E-state index < -0.39 is 5.82 Å². The molecule has 90 valence electrons. The summed E-state index contributed by atoms with van der Waals surface area (Å²) in [4.78, 5) is 0. The predicted octanol–water partition coefficient (Wildman–Crippen LogP) is 1.59. The van der Waals surface area contributed by atoms with Crippen molar-refractivity contribution in [2.75, 3.05) is 0 Å². The van der Waals surface area contributed by atoms with Crippen molar-refractivity contribution in [3.05, 3.63) is 41.4 Å². The lowest BCUT2D eigenvalue weighted by Gasteiger charge is -2.05. The van der Waals surface area contributed by atoms with Crippen LogP contribution < -0.4 is 4.74 Å². The molecule has 1 heterocycles. The number of ether oxygens (including phenoxy) is 1. The number of hydrogen-bond donors (Lipinski definition) is 1. The molecule has 0 fully saturated rings. The van der Waals surface area contributed by atoms with Gasteiger partial charge in [0, 0.05) is 6.92 Å². The Morgan fingerprint density at radius 3 is 2.82 bits per heavy atom. The molecule has 1 aromatic carbocycles. The van der Waals surface area contributed by atoms with Gasteiger partial charge in [-0.3, -0.25) is 0 Å². The smallest absolute Gasteiger partial charge is 0.253 e. The summed E-state index contributed by atoms with van der Waals surface area (Å²) in [6, 6.07) is 4.25. The second kappa shape index (κ2) is 4.92. The molecule has 0 aliphatic rings. The molecule has 0 aliphatic heterocycles. The lowest BCUT2D eigenvalue weighted by molar-refractivity contribution is 0.248. The number of aromatic nitrogens is 2. The van der Waals surface area contributed by atoms with Gasteiger partial charge in [-0.15, -0.1) is 10.2 Å². The minimum atomic E-state index is -0.534. The highest BCUT2D eigenvalue weighted by Crippen LogP contribution is 2.19. The van der Waals surface area contributed by atoms with E-state index in [0.29, 0.717) is 11.5 Å². The van der Waals surface area contributed by atoms with Crippen LogP contribution in [-0.2, 0) is 13.2 Å². The Hall–Kier alpha value is -1.95. The van der Waals surface area contributed by atoms with Crippen molar-refractivity contribution >= 4 is 0 Å². The summed E-state index contributed by atoms with van der Waals surface area (Å²) in [5, 5.41) is 16.2. The monoisotopic (exact) mass is 238 g/mol. The molecule has 0 unspecified atom stereocenters. The van der Waals surface area contributed by atoms with Crippen molar-refractivity contribution in [3.8, 4) is 5.75 Å².